The lowest BCUT2D eigenvalue weighted by Gasteiger charge is -2.19. The number of nitrogens with one attached hydrogen (secondary N) is 2. The van der Waals surface area contributed by atoms with E-state index in [9.17, 15) is 14.4 Å². The predicted octanol–water partition coefficient (Wildman–Crippen LogP) is 2.89. The molecular weight excluding hydrogens is 384 g/mol. The van der Waals surface area contributed by atoms with E-state index in [1.165, 1.54) is 18.3 Å². The van der Waals surface area contributed by atoms with Crippen LogP contribution in [-0.4, -0.2) is 37.6 Å². The highest BCUT2D eigenvalue weighted by atomic mass is 32.1. The third-order valence-electron chi connectivity index (χ3n) is 4.04. The zero-order valence-electron chi connectivity index (χ0n) is 15.7. The molecule has 148 valence electrons. The van der Waals surface area contributed by atoms with Gasteiger partial charge in [-0.25, -0.2) is 4.79 Å². The second-order valence-corrected chi connectivity index (χ2v) is 7.38. The number of carbonyl (C=O) groups excluding carboxylic acids is 3. The van der Waals surface area contributed by atoms with Gasteiger partial charge in [0.25, 0.3) is 5.91 Å². The van der Waals surface area contributed by atoms with Gasteiger partial charge in [-0.1, -0.05) is 0 Å². The van der Waals surface area contributed by atoms with Crippen molar-refractivity contribution in [3.05, 3.63) is 34.2 Å². The first-order chi connectivity index (χ1) is 13.3. The fraction of sp³-hybridized carbons (Fsp3) is 0.316. The Morgan fingerprint density at radius 1 is 1.11 bits per heavy atom. The van der Waals surface area contributed by atoms with E-state index in [0.29, 0.717) is 41.0 Å². The van der Waals surface area contributed by atoms with Gasteiger partial charge in [0.05, 0.1) is 5.56 Å². The van der Waals surface area contributed by atoms with E-state index in [4.69, 9.17) is 14.2 Å². The molecule has 1 aliphatic heterocycles. The molecule has 9 heteroatoms. The summed E-state index contributed by atoms with van der Waals surface area (Å²) in [6.07, 6.45) is 0. The second kappa shape index (κ2) is 8.30. The zero-order chi connectivity index (χ0) is 20.3. The first kappa shape index (κ1) is 19.7. The van der Waals surface area contributed by atoms with Crippen LogP contribution in [0.1, 0.15) is 27.7 Å². The van der Waals surface area contributed by atoms with Crippen molar-refractivity contribution in [3.8, 4) is 11.5 Å². The summed E-state index contributed by atoms with van der Waals surface area (Å²) < 4.78 is 16.0. The molecule has 0 saturated carbocycles. The molecule has 0 fully saturated rings. The van der Waals surface area contributed by atoms with Gasteiger partial charge in [-0.15, -0.1) is 11.3 Å². The molecule has 3 rings (SSSR count). The van der Waals surface area contributed by atoms with E-state index in [-0.39, 0.29) is 11.5 Å². The SMILES string of the molecule is CC(=O)Nc1sc(C)c(C)c1C(=O)OCC(=O)Nc1ccc2c(c1)OCCO2. The first-order valence-electron chi connectivity index (χ1n) is 8.59. The normalized spacial score (nSPS) is 12.2. The second-order valence-electron chi connectivity index (χ2n) is 6.15. The number of anilines is 2. The molecule has 0 spiro atoms. The van der Waals surface area contributed by atoms with Gasteiger partial charge in [0.2, 0.25) is 5.91 Å². The van der Waals surface area contributed by atoms with E-state index in [1.807, 2.05) is 6.92 Å². The van der Waals surface area contributed by atoms with E-state index >= 15 is 0 Å². The predicted molar refractivity (Wildman–Crippen MR) is 104 cm³/mol. The molecule has 1 aromatic carbocycles. The highest BCUT2D eigenvalue weighted by molar-refractivity contribution is 7.16. The Bertz CT molecular complexity index is 937. The monoisotopic (exact) mass is 404 g/mol. The van der Waals surface area contributed by atoms with Crippen molar-refractivity contribution in [2.45, 2.75) is 20.8 Å². The number of fused-ring (bicyclic) bond motifs is 1. The van der Waals surface area contributed by atoms with Crippen LogP contribution in [0.2, 0.25) is 0 Å². The van der Waals surface area contributed by atoms with Gasteiger partial charge >= 0.3 is 5.97 Å². The Balaban J connectivity index is 1.62. The molecule has 2 heterocycles. The number of hydrogen-bond acceptors (Lipinski definition) is 7. The van der Waals surface area contributed by atoms with Crippen LogP contribution in [0.3, 0.4) is 0 Å². The summed E-state index contributed by atoms with van der Waals surface area (Å²) in [6.45, 7) is 5.44. The third-order valence-corrected chi connectivity index (χ3v) is 5.16. The number of esters is 1. The average Bonchev–Trinajstić information content (AvgIpc) is 2.92. The molecular formula is C19H20N2O6S. The molecule has 0 aliphatic carbocycles. The van der Waals surface area contributed by atoms with Crippen LogP contribution in [0.4, 0.5) is 10.7 Å². The Morgan fingerprint density at radius 3 is 2.54 bits per heavy atom. The highest BCUT2D eigenvalue weighted by Gasteiger charge is 2.22. The van der Waals surface area contributed by atoms with Crippen molar-refractivity contribution < 1.29 is 28.6 Å². The van der Waals surface area contributed by atoms with Crippen molar-refractivity contribution in [1.29, 1.82) is 0 Å². The highest BCUT2D eigenvalue weighted by Crippen LogP contribution is 2.34. The van der Waals surface area contributed by atoms with Gasteiger partial charge in [-0.3, -0.25) is 9.59 Å². The molecule has 0 atom stereocenters. The van der Waals surface area contributed by atoms with Crippen LogP contribution in [0.5, 0.6) is 11.5 Å². The molecule has 0 bridgehead atoms. The molecule has 2 aromatic rings. The lowest BCUT2D eigenvalue weighted by molar-refractivity contribution is -0.119. The van der Waals surface area contributed by atoms with Crippen LogP contribution in [0, 0.1) is 13.8 Å². The minimum absolute atomic E-state index is 0.268. The fourth-order valence-corrected chi connectivity index (χ4v) is 3.74. The number of thiophene rings is 1. The smallest absolute Gasteiger partial charge is 0.341 e. The summed E-state index contributed by atoms with van der Waals surface area (Å²) in [7, 11) is 0. The van der Waals surface area contributed by atoms with Gasteiger partial charge in [0.15, 0.2) is 18.1 Å². The van der Waals surface area contributed by atoms with Crippen LogP contribution in [-0.2, 0) is 14.3 Å². The largest absolute Gasteiger partial charge is 0.486 e. The van der Waals surface area contributed by atoms with Crippen LogP contribution < -0.4 is 20.1 Å². The van der Waals surface area contributed by atoms with E-state index in [0.717, 1.165) is 4.88 Å². The molecule has 0 radical (unpaired) electrons. The number of rotatable bonds is 5. The quantitative estimate of drug-likeness (QED) is 0.743. The topological polar surface area (TPSA) is 103 Å². The first-order valence-corrected chi connectivity index (χ1v) is 9.41. The number of carbonyl (C=O) groups is 3. The third kappa shape index (κ3) is 4.42. The Labute approximate surface area is 165 Å². The van der Waals surface area contributed by atoms with Crippen LogP contribution >= 0.6 is 11.3 Å². The number of hydrogen-bond donors (Lipinski definition) is 2. The molecule has 28 heavy (non-hydrogen) atoms. The van der Waals surface area contributed by atoms with Crippen LogP contribution in [0.15, 0.2) is 18.2 Å². The fourth-order valence-electron chi connectivity index (χ4n) is 2.64. The van der Waals surface area contributed by atoms with Crippen LogP contribution in [0.25, 0.3) is 0 Å². The summed E-state index contributed by atoms with van der Waals surface area (Å²) in [6, 6.07) is 5.03. The molecule has 1 aliphatic rings. The van der Waals surface area contributed by atoms with Gasteiger partial charge in [-0.2, -0.15) is 0 Å². The van der Waals surface area contributed by atoms with Gasteiger partial charge in [0, 0.05) is 23.6 Å². The number of ether oxygens (including phenoxy) is 3. The molecule has 0 unspecified atom stereocenters. The number of amides is 2. The Morgan fingerprint density at radius 2 is 1.82 bits per heavy atom. The summed E-state index contributed by atoms with van der Waals surface area (Å²) >= 11 is 1.29. The lowest BCUT2D eigenvalue weighted by Crippen LogP contribution is -2.22. The van der Waals surface area contributed by atoms with Crippen molar-refractivity contribution >= 4 is 39.8 Å². The van der Waals surface area contributed by atoms with E-state index in [2.05, 4.69) is 10.6 Å². The maximum absolute atomic E-state index is 12.4. The summed E-state index contributed by atoms with van der Waals surface area (Å²) in [5, 5.41) is 5.69. The van der Waals surface area contributed by atoms with Crippen molar-refractivity contribution in [1.82, 2.24) is 0 Å². The summed E-state index contributed by atoms with van der Waals surface area (Å²) in [5.41, 5.74) is 1.49. The minimum Gasteiger partial charge on any atom is -0.486 e. The number of aryl methyl sites for hydroxylation is 1. The van der Waals surface area contributed by atoms with Gasteiger partial charge in [0.1, 0.15) is 18.2 Å². The molecule has 8 nitrogen and oxygen atoms in total. The van der Waals surface area contributed by atoms with Crippen molar-refractivity contribution in [2.75, 3.05) is 30.5 Å². The van der Waals surface area contributed by atoms with Crippen molar-refractivity contribution in [3.63, 3.8) is 0 Å². The van der Waals surface area contributed by atoms with Gasteiger partial charge in [-0.05, 0) is 31.5 Å². The summed E-state index contributed by atoms with van der Waals surface area (Å²) in [5.74, 6) is -0.278. The molecule has 1 aromatic heterocycles. The molecule has 2 amide bonds. The number of benzene rings is 1. The standard InChI is InChI=1S/C19H20N2O6S/c1-10-11(2)28-18(20-12(3)22)17(10)19(24)27-9-16(23)21-13-4-5-14-15(8-13)26-7-6-25-14/h4-5,8H,6-7,9H2,1-3H3,(H,20,22)(H,21,23). The minimum atomic E-state index is -0.664. The Hall–Kier alpha value is -3.07. The van der Waals surface area contributed by atoms with Gasteiger partial charge < -0.3 is 24.8 Å². The van der Waals surface area contributed by atoms with E-state index < -0.39 is 18.5 Å². The van der Waals surface area contributed by atoms with Crippen molar-refractivity contribution in [2.24, 2.45) is 0 Å². The summed E-state index contributed by atoms with van der Waals surface area (Å²) in [4.78, 5) is 36.8. The zero-order valence-corrected chi connectivity index (χ0v) is 16.5. The Kier molecular flexibility index (Phi) is 5.84. The lowest BCUT2D eigenvalue weighted by atomic mass is 10.1. The maximum Gasteiger partial charge on any atom is 0.341 e. The van der Waals surface area contributed by atoms with E-state index in [1.54, 1.807) is 25.1 Å². The molecule has 0 saturated heterocycles. The average molecular weight is 404 g/mol. The molecule has 2 N–H and O–H groups in total. The maximum atomic E-state index is 12.4.